The monoisotopic (exact) mass is 553 g/mol. The number of ether oxygens (including phenoxy) is 1. The van der Waals surface area contributed by atoms with Crippen LogP contribution in [0.2, 0.25) is 0 Å². The number of benzene rings is 1. The third-order valence-corrected chi connectivity index (χ3v) is 6.31. The molecule has 0 saturated carbocycles. The van der Waals surface area contributed by atoms with Crippen LogP contribution in [0.4, 0.5) is 0 Å². The van der Waals surface area contributed by atoms with Crippen molar-refractivity contribution in [3.63, 3.8) is 0 Å². The second kappa shape index (κ2) is 12.0. The van der Waals surface area contributed by atoms with Gasteiger partial charge in [0.2, 0.25) is 0 Å². The van der Waals surface area contributed by atoms with Crippen molar-refractivity contribution in [2.75, 3.05) is 39.3 Å². The molecule has 2 aromatic rings. The smallest absolute Gasteiger partial charge is 0.194 e. The van der Waals surface area contributed by atoms with Crippen molar-refractivity contribution in [2.45, 2.75) is 52.3 Å². The molecule has 0 amide bonds. The summed E-state index contributed by atoms with van der Waals surface area (Å²) in [4.78, 5) is 9.87. The maximum atomic E-state index is 6.15. The van der Waals surface area contributed by atoms with Crippen LogP contribution in [0.5, 0.6) is 0 Å². The highest BCUT2D eigenvalue weighted by Gasteiger charge is 2.41. The summed E-state index contributed by atoms with van der Waals surface area (Å²) in [5.74, 6) is 1.92. The molecule has 0 spiro atoms. The standard InChI is InChI=1S/C24H35N5O2.HI/c1-4-25-24(26-12-8-11-21-18(2)27-31-19(21)3)29-16-22-23(17-29)30-14-13-28(22)15-20-9-6-5-7-10-20;/h5-7,9-10,22-23H,4,8,11-17H2,1-3H3,(H,25,26);1H. The molecule has 7 nitrogen and oxygen atoms in total. The van der Waals surface area contributed by atoms with E-state index in [9.17, 15) is 0 Å². The van der Waals surface area contributed by atoms with Gasteiger partial charge >= 0.3 is 0 Å². The fourth-order valence-corrected chi connectivity index (χ4v) is 4.67. The predicted octanol–water partition coefficient (Wildman–Crippen LogP) is 3.39. The summed E-state index contributed by atoms with van der Waals surface area (Å²) in [6, 6.07) is 11.1. The van der Waals surface area contributed by atoms with Gasteiger partial charge in [0.1, 0.15) is 5.76 Å². The molecular formula is C24H36IN5O2. The van der Waals surface area contributed by atoms with E-state index in [4.69, 9.17) is 14.3 Å². The molecule has 1 N–H and O–H groups in total. The minimum Gasteiger partial charge on any atom is -0.373 e. The first kappa shape index (κ1) is 25.0. The number of aryl methyl sites for hydroxylation is 2. The number of hydrogen-bond acceptors (Lipinski definition) is 5. The Bertz CT molecular complexity index is 853. The van der Waals surface area contributed by atoms with Crippen LogP contribution in [0.1, 0.15) is 35.9 Å². The Morgan fingerprint density at radius 3 is 2.75 bits per heavy atom. The van der Waals surface area contributed by atoms with E-state index in [1.165, 1.54) is 11.1 Å². The molecule has 8 heteroatoms. The highest BCUT2D eigenvalue weighted by atomic mass is 127. The van der Waals surface area contributed by atoms with E-state index in [2.05, 4.69) is 57.5 Å². The molecule has 1 aromatic heterocycles. The predicted molar refractivity (Wildman–Crippen MR) is 138 cm³/mol. The number of fused-ring (bicyclic) bond motifs is 1. The molecule has 2 aliphatic rings. The van der Waals surface area contributed by atoms with Gasteiger partial charge in [-0.3, -0.25) is 9.89 Å². The van der Waals surface area contributed by atoms with Gasteiger partial charge in [0.05, 0.1) is 24.4 Å². The number of nitrogens with zero attached hydrogens (tertiary/aromatic N) is 4. The number of aromatic nitrogens is 1. The normalized spacial score (nSPS) is 21.3. The summed E-state index contributed by atoms with van der Waals surface area (Å²) < 4.78 is 11.4. The van der Waals surface area contributed by atoms with Gasteiger partial charge in [-0.15, -0.1) is 24.0 Å². The number of hydrogen-bond donors (Lipinski definition) is 1. The zero-order valence-corrected chi connectivity index (χ0v) is 21.7. The van der Waals surface area contributed by atoms with Crippen LogP contribution in [-0.4, -0.2) is 72.4 Å². The lowest BCUT2D eigenvalue weighted by Gasteiger charge is -2.36. The summed E-state index contributed by atoms with van der Waals surface area (Å²) in [5, 5.41) is 7.54. The highest BCUT2D eigenvalue weighted by molar-refractivity contribution is 14.0. The molecule has 4 rings (SSSR count). The molecule has 2 saturated heterocycles. The first-order chi connectivity index (χ1) is 15.2. The Kier molecular flexibility index (Phi) is 9.36. The van der Waals surface area contributed by atoms with E-state index in [1.807, 2.05) is 13.8 Å². The molecule has 1 aromatic carbocycles. The minimum atomic E-state index is 0. The molecule has 2 fully saturated rings. The molecule has 2 atom stereocenters. The Morgan fingerprint density at radius 2 is 2.03 bits per heavy atom. The Hall–Kier alpha value is -1.65. The summed E-state index contributed by atoms with van der Waals surface area (Å²) in [5.41, 5.74) is 3.58. The lowest BCUT2D eigenvalue weighted by molar-refractivity contribution is -0.0502. The van der Waals surface area contributed by atoms with Gasteiger partial charge in [0.25, 0.3) is 0 Å². The number of halogens is 1. The van der Waals surface area contributed by atoms with Crippen LogP contribution < -0.4 is 5.32 Å². The van der Waals surface area contributed by atoms with E-state index in [-0.39, 0.29) is 30.1 Å². The molecule has 0 bridgehead atoms. The Morgan fingerprint density at radius 1 is 1.22 bits per heavy atom. The lowest BCUT2D eigenvalue weighted by atomic mass is 10.1. The molecule has 32 heavy (non-hydrogen) atoms. The molecule has 176 valence electrons. The van der Waals surface area contributed by atoms with Gasteiger partial charge in [0, 0.05) is 44.8 Å². The SMILES string of the molecule is CCNC(=NCCCc1c(C)noc1C)N1CC2OCCN(Cc3ccccc3)C2C1.I. The maximum Gasteiger partial charge on any atom is 0.194 e. The summed E-state index contributed by atoms with van der Waals surface area (Å²) in [6.45, 7) is 12.4. The first-order valence-electron chi connectivity index (χ1n) is 11.5. The van der Waals surface area contributed by atoms with Crippen molar-refractivity contribution in [1.82, 2.24) is 20.3 Å². The van der Waals surface area contributed by atoms with Gasteiger partial charge < -0.3 is 19.5 Å². The number of likely N-dealkylation sites (tertiary alicyclic amines) is 1. The van der Waals surface area contributed by atoms with Gasteiger partial charge in [-0.05, 0) is 39.2 Å². The maximum absolute atomic E-state index is 6.15. The molecule has 0 radical (unpaired) electrons. The van der Waals surface area contributed by atoms with E-state index in [0.717, 1.165) is 76.1 Å². The van der Waals surface area contributed by atoms with E-state index >= 15 is 0 Å². The summed E-state index contributed by atoms with van der Waals surface area (Å²) in [7, 11) is 0. The Labute approximate surface area is 208 Å². The topological polar surface area (TPSA) is 66.1 Å². The molecule has 0 aliphatic carbocycles. The molecule has 2 aliphatic heterocycles. The summed E-state index contributed by atoms with van der Waals surface area (Å²) >= 11 is 0. The van der Waals surface area contributed by atoms with Gasteiger partial charge in [0.15, 0.2) is 5.96 Å². The van der Waals surface area contributed by atoms with Crippen LogP contribution in [0.3, 0.4) is 0 Å². The second-order valence-corrected chi connectivity index (χ2v) is 8.48. The van der Waals surface area contributed by atoms with Crippen LogP contribution in [0.25, 0.3) is 0 Å². The van der Waals surface area contributed by atoms with Crippen molar-refractivity contribution < 1.29 is 9.26 Å². The van der Waals surface area contributed by atoms with Gasteiger partial charge in [-0.1, -0.05) is 35.5 Å². The number of nitrogens with one attached hydrogen (secondary N) is 1. The average molecular weight is 553 g/mol. The van der Waals surface area contributed by atoms with E-state index < -0.39 is 0 Å². The quantitative estimate of drug-likeness (QED) is 0.246. The van der Waals surface area contributed by atoms with Crippen LogP contribution in [0, 0.1) is 13.8 Å². The zero-order chi connectivity index (χ0) is 21.6. The van der Waals surface area contributed by atoms with E-state index in [1.54, 1.807) is 0 Å². The van der Waals surface area contributed by atoms with Gasteiger partial charge in [-0.2, -0.15) is 0 Å². The second-order valence-electron chi connectivity index (χ2n) is 8.48. The molecule has 3 heterocycles. The fourth-order valence-electron chi connectivity index (χ4n) is 4.67. The minimum absolute atomic E-state index is 0. The zero-order valence-electron chi connectivity index (χ0n) is 19.4. The third-order valence-electron chi connectivity index (χ3n) is 6.31. The molecular weight excluding hydrogens is 517 g/mol. The van der Waals surface area contributed by atoms with Crippen molar-refractivity contribution >= 4 is 29.9 Å². The third kappa shape index (κ3) is 6.02. The van der Waals surface area contributed by atoms with Crippen LogP contribution in [0.15, 0.2) is 39.8 Å². The number of rotatable bonds is 7. The summed E-state index contributed by atoms with van der Waals surface area (Å²) in [6.07, 6.45) is 2.17. The van der Waals surface area contributed by atoms with Crippen molar-refractivity contribution in [3.05, 3.63) is 52.9 Å². The van der Waals surface area contributed by atoms with Crippen LogP contribution in [-0.2, 0) is 17.7 Å². The number of guanidine groups is 1. The molecule has 2 unspecified atom stereocenters. The first-order valence-corrected chi connectivity index (χ1v) is 11.5. The lowest BCUT2D eigenvalue weighted by Crippen LogP contribution is -2.50. The average Bonchev–Trinajstić information content (AvgIpc) is 3.35. The van der Waals surface area contributed by atoms with Crippen LogP contribution >= 0.6 is 24.0 Å². The fraction of sp³-hybridized carbons (Fsp3) is 0.583. The van der Waals surface area contributed by atoms with Crippen molar-refractivity contribution in [3.8, 4) is 0 Å². The van der Waals surface area contributed by atoms with Crippen molar-refractivity contribution in [1.29, 1.82) is 0 Å². The highest BCUT2D eigenvalue weighted by Crippen LogP contribution is 2.25. The van der Waals surface area contributed by atoms with E-state index in [0.29, 0.717) is 6.04 Å². The number of morpholine rings is 1. The Balaban J connectivity index is 0.00000289. The van der Waals surface area contributed by atoms with Crippen molar-refractivity contribution in [2.24, 2.45) is 4.99 Å². The number of aliphatic imine (C=N–C) groups is 1. The largest absolute Gasteiger partial charge is 0.373 e. The van der Waals surface area contributed by atoms with Gasteiger partial charge in [-0.25, -0.2) is 0 Å².